The van der Waals surface area contributed by atoms with E-state index in [1.807, 2.05) is 18.2 Å². The van der Waals surface area contributed by atoms with Crippen molar-refractivity contribution in [2.45, 2.75) is 6.92 Å². The highest BCUT2D eigenvalue weighted by Crippen LogP contribution is 2.22. The van der Waals surface area contributed by atoms with Crippen molar-refractivity contribution < 1.29 is 0 Å². The summed E-state index contributed by atoms with van der Waals surface area (Å²) in [6.07, 6.45) is 1.44. The monoisotopic (exact) mass is 358 g/mol. The van der Waals surface area contributed by atoms with Gasteiger partial charge in [0.05, 0.1) is 16.3 Å². The van der Waals surface area contributed by atoms with Crippen LogP contribution in [0.25, 0.3) is 11.3 Å². The number of hydrogen-bond acceptors (Lipinski definition) is 4. The maximum atomic E-state index is 12.7. The number of rotatable bonds is 3. The van der Waals surface area contributed by atoms with Crippen LogP contribution in [-0.2, 0) is 0 Å². The molecule has 0 spiro atoms. The summed E-state index contributed by atoms with van der Waals surface area (Å²) in [7, 11) is 0. The molecule has 0 saturated heterocycles. The van der Waals surface area contributed by atoms with E-state index in [0.29, 0.717) is 27.0 Å². The highest BCUT2D eigenvalue weighted by atomic mass is 35.5. The van der Waals surface area contributed by atoms with Crippen molar-refractivity contribution >= 4 is 29.4 Å². The fourth-order valence-corrected chi connectivity index (χ4v) is 2.61. The molecule has 3 aromatic rings. The number of aromatic nitrogens is 3. The molecule has 7 heteroatoms. The lowest BCUT2D eigenvalue weighted by atomic mass is 10.2. The summed E-state index contributed by atoms with van der Waals surface area (Å²) in [6.45, 7) is 1.65. The summed E-state index contributed by atoms with van der Waals surface area (Å²) in [6, 6.07) is 14.2. The lowest BCUT2D eigenvalue weighted by Gasteiger charge is -2.06. The summed E-state index contributed by atoms with van der Waals surface area (Å²) in [5, 5.41) is 13.1. The second-order valence-corrected chi connectivity index (χ2v) is 5.77. The third-order valence-corrected chi connectivity index (χ3v) is 4.00. The van der Waals surface area contributed by atoms with Crippen molar-refractivity contribution in [1.29, 1.82) is 0 Å². The highest BCUT2D eigenvalue weighted by Gasteiger charge is 2.11. The Kier molecular flexibility index (Phi) is 4.74. The van der Waals surface area contributed by atoms with E-state index in [0.717, 1.165) is 0 Å². The second kappa shape index (κ2) is 6.95. The zero-order valence-corrected chi connectivity index (χ0v) is 14.2. The largest absolute Gasteiger partial charge is 0.301 e. The van der Waals surface area contributed by atoms with Crippen LogP contribution in [0.2, 0.25) is 10.0 Å². The Labute approximate surface area is 148 Å². The molecule has 0 radical (unpaired) electrons. The number of benzene rings is 2. The van der Waals surface area contributed by atoms with Gasteiger partial charge < -0.3 is 0 Å². The third kappa shape index (κ3) is 3.22. The predicted molar refractivity (Wildman–Crippen MR) is 95.9 cm³/mol. The third-order valence-electron chi connectivity index (χ3n) is 3.35. The normalized spacial score (nSPS) is 11.1. The molecular weight excluding hydrogens is 347 g/mol. The van der Waals surface area contributed by atoms with Crippen molar-refractivity contribution in [2.75, 3.05) is 0 Å². The lowest BCUT2D eigenvalue weighted by Crippen LogP contribution is -2.24. The van der Waals surface area contributed by atoms with E-state index in [1.54, 1.807) is 37.3 Å². The average molecular weight is 359 g/mol. The maximum absolute atomic E-state index is 12.7. The van der Waals surface area contributed by atoms with Crippen LogP contribution in [-0.4, -0.2) is 21.1 Å². The van der Waals surface area contributed by atoms with Gasteiger partial charge >= 0.3 is 5.56 Å². The minimum absolute atomic E-state index is 0.226. The molecule has 0 aliphatic rings. The van der Waals surface area contributed by atoms with E-state index >= 15 is 0 Å². The fraction of sp³-hybridized carbons (Fsp3) is 0.0588. The molecule has 0 unspecified atom stereocenters. The van der Waals surface area contributed by atoms with Crippen LogP contribution in [0.3, 0.4) is 0 Å². The maximum Gasteiger partial charge on any atom is 0.301 e. The van der Waals surface area contributed by atoms with Gasteiger partial charge in [0.25, 0.3) is 0 Å². The van der Waals surface area contributed by atoms with Gasteiger partial charge in [0.1, 0.15) is 0 Å². The SMILES string of the molecule is Cc1nnc(-c2ccccc2)c(=O)n1N=Cc1c(Cl)cccc1Cl. The van der Waals surface area contributed by atoms with E-state index in [9.17, 15) is 4.79 Å². The summed E-state index contributed by atoms with van der Waals surface area (Å²) in [5.41, 5.74) is 1.07. The summed E-state index contributed by atoms with van der Waals surface area (Å²) in [5.74, 6) is 0.360. The van der Waals surface area contributed by atoms with Gasteiger partial charge in [-0.25, -0.2) is 0 Å². The smallest absolute Gasteiger partial charge is 0.265 e. The van der Waals surface area contributed by atoms with Gasteiger partial charge in [0.2, 0.25) is 0 Å². The summed E-state index contributed by atoms with van der Waals surface area (Å²) >= 11 is 12.2. The first-order valence-corrected chi connectivity index (χ1v) is 7.83. The molecule has 0 N–H and O–H groups in total. The molecule has 2 aromatic carbocycles. The molecule has 0 saturated carbocycles. The van der Waals surface area contributed by atoms with E-state index in [4.69, 9.17) is 23.2 Å². The Morgan fingerprint density at radius 3 is 2.33 bits per heavy atom. The molecule has 3 rings (SSSR count). The molecule has 0 atom stereocenters. The van der Waals surface area contributed by atoms with Crippen LogP contribution in [0.1, 0.15) is 11.4 Å². The van der Waals surface area contributed by atoms with E-state index in [2.05, 4.69) is 15.3 Å². The quantitative estimate of drug-likeness (QED) is 0.669. The molecule has 5 nitrogen and oxygen atoms in total. The number of halogens is 2. The first-order valence-electron chi connectivity index (χ1n) is 7.08. The van der Waals surface area contributed by atoms with Gasteiger partial charge in [-0.05, 0) is 19.1 Å². The van der Waals surface area contributed by atoms with Crippen LogP contribution in [0.4, 0.5) is 0 Å². The van der Waals surface area contributed by atoms with Crippen LogP contribution in [0.5, 0.6) is 0 Å². The van der Waals surface area contributed by atoms with Crippen molar-refractivity contribution in [3.63, 3.8) is 0 Å². The standard InChI is InChI=1S/C17H12Cl2N4O/c1-11-21-22-16(12-6-3-2-4-7-12)17(24)23(11)20-10-13-14(18)8-5-9-15(13)19/h2-10H,1H3. The number of aryl methyl sites for hydroxylation is 1. The Bertz CT molecular complexity index is 948. The Morgan fingerprint density at radius 1 is 1.00 bits per heavy atom. The molecule has 0 amide bonds. The van der Waals surface area contributed by atoms with Crippen molar-refractivity contribution in [3.8, 4) is 11.3 Å². The molecule has 1 aromatic heterocycles. The van der Waals surface area contributed by atoms with Crippen LogP contribution in [0, 0.1) is 6.92 Å². The van der Waals surface area contributed by atoms with E-state index < -0.39 is 0 Å². The topological polar surface area (TPSA) is 60.1 Å². The van der Waals surface area contributed by atoms with Crippen LogP contribution < -0.4 is 5.56 Å². The molecule has 1 heterocycles. The first-order chi connectivity index (χ1) is 11.6. The average Bonchev–Trinajstić information content (AvgIpc) is 2.58. The minimum Gasteiger partial charge on any atom is -0.265 e. The van der Waals surface area contributed by atoms with Crippen LogP contribution >= 0.6 is 23.2 Å². The Hall–Kier alpha value is -2.50. The highest BCUT2D eigenvalue weighted by molar-refractivity contribution is 6.38. The molecule has 120 valence electrons. The van der Waals surface area contributed by atoms with Gasteiger partial charge in [-0.3, -0.25) is 4.79 Å². The van der Waals surface area contributed by atoms with Gasteiger partial charge in [-0.15, -0.1) is 10.2 Å². The zero-order valence-electron chi connectivity index (χ0n) is 12.6. The van der Waals surface area contributed by atoms with Gasteiger partial charge in [-0.2, -0.15) is 9.78 Å². The molecule has 0 aliphatic carbocycles. The Balaban J connectivity index is 2.09. The van der Waals surface area contributed by atoms with Crippen molar-refractivity contribution in [1.82, 2.24) is 14.9 Å². The van der Waals surface area contributed by atoms with Crippen LogP contribution in [0.15, 0.2) is 58.4 Å². The van der Waals surface area contributed by atoms with E-state index in [1.165, 1.54) is 10.9 Å². The zero-order chi connectivity index (χ0) is 17.1. The van der Waals surface area contributed by atoms with Gasteiger partial charge in [0.15, 0.2) is 11.5 Å². The summed E-state index contributed by atoms with van der Waals surface area (Å²) in [4.78, 5) is 12.7. The fourth-order valence-electron chi connectivity index (χ4n) is 2.12. The molecule has 0 aliphatic heterocycles. The minimum atomic E-state index is -0.367. The lowest BCUT2D eigenvalue weighted by molar-refractivity contribution is 0.717. The number of nitrogens with zero attached hydrogens (tertiary/aromatic N) is 4. The predicted octanol–water partition coefficient (Wildman–Crippen LogP) is 3.80. The van der Waals surface area contributed by atoms with Crippen molar-refractivity contribution in [2.24, 2.45) is 5.10 Å². The van der Waals surface area contributed by atoms with Crippen molar-refractivity contribution in [3.05, 3.63) is 80.3 Å². The summed E-state index contributed by atoms with van der Waals surface area (Å²) < 4.78 is 1.18. The molecular formula is C17H12Cl2N4O. The molecule has 0 bridgehead atoms. The van der Waals surface area contributed by atoms with Gasteiger partial charge in [-0.1, -0.05) is 59.6 Å². The molecule has 0 fully saturated rings. The Morgan fingerprint density at radius 2 is 1.67 bits per heavy atom. The number of hydrogen-bond donors (Lipinski definition) is 0. The second-order valence-electron chi connectivity index (χ2n) is 4.96. The first kappa shape index (κ1) is 16.4. The molecule has 24 heavy (non-hydrogen) atoms. The van der Waals surface area contributed by atoms with Gasteiger partial charge in [0, 0.05) is 11.1 Å². The van der Waals surface area contributed by atoms with E-state index in [-0.39, 0.29) is 11.3 Å².